The predicted molar refractivity (Wildman–Crippen MR) is 96.5 cm³/mol. The maximum Gasteiger partial charge on any atom is 0.271 e. The van der Waals surface area contributed by atoms with Gasteiger partial charge in [-0.2, -0.15) is 9.78 Å². The third kappa shape index (κ3) is 4.54. The number of hydrogen-bond donors (Lipinski definition) is 1. The van der Waals surface area contributed by atoms with Gasteiger partial charge in [0.2, 0.25) is 0 Å². The molecule has 3 rings (SSSR count). The van der Waals surface area contributed by atoms with Crippen molar-refractivity contribution in [2.24, 2.45) is 0 Å². The summed E-state index contributed by atoms with van der Waals surface area (Å²) in [5.41, 5.74) is 1.02. The van der Waals surface area contributed by atoms with Gasteiger partial charge < -0.3 is 10.1 Å². The van der Waals surface area contributed by atoms with E-state index in [2.05, 4.69) is 15.4 Å². The highest BCUT2D eigenvalue weighted by molar-refractivity contribution is 5.93. The molecule has 0 aliphatic heterocycles. The molecule has 1 amide bonds. The fourth-order valence-electron chi connectivity index (χ4n) is 2.30. The molecular formula is C19H18N4O3. The van der Waals surface area contributed by atoms with Crippen molar-refractivity contribution in [1.29, 1.82) is 0 Å². The van der Waals surface area contributed by atoms with Gasteiger partial charge in [0.05, 0.1) is 17.9 Å². The van der Waals surface area contributed by atoms with Crippen molar-refractivity contribution in [2.75, 3.05) is 13.2 Å². The molecule has 0 atom stereocenters. The Morgan fingerprint density at radius 1 is 1.08 bits per heavy atom. The largest absolute Gasteiger partial charge is 0.494 e. The van der Waals surface area contributed by atoms with Crippen LogP contribution in [0.25, 0.3) is 5.69 Å². The third-order valence-electron chi connectivity index (χ3n) is 3.60. The number of pyridine rings is 1. The second-order valence-corrected chi connectivity index (χ2v) is 5.47. The molecule has 0 bridgehead atoms. The Kier molecular flexibility index (Phi) is 5.72. The number of carbonyl (C=O) groups is 1. The van der Waals surface area contributed by atoms with Crippen LogP contribution in [-0.4, -0.2) is 33.8 Å². The minimum absolute atomic E-state index is 0.150. The number of carbonyl (C=O) groups excluding carboxylic acids is 1. The average Bonchev–Trinajstić information content (AvgIpc) is 2.69. The summed E-state index contributed by atoms with van der Waals surface area (Å²) >= 11 is 0. The maximum atomic E-state index is 11.9. The van der Waals surface area contributed by atoms with E-state index in [1.807, 2.05) is 0 Å². The summed E-state index contributed by atoms with van der Waals surface area (Å²) in [6.07, 6.45) is 5.39. The van der Waals surface area contributed by atoms with Crippen molar-refractivity contribution in [3.63, 3.8) is 0 Å². The van der Waals surface area contributed by atoms with Crippen molar-refractivity contribution >= 4 is 5.91 Å². The monoisotopic (exact) mass is 350 g/mol. The summed E-state index contributed by atoms with van der Waals surface area (Å²) in [7, 11) is 0. The molecule has 0 saturated carbocycles. The van der Waals surface area contributed by atoms with Gasteiger partial charge in [0.1, 0.15) is 5.75 Å². The van der Waals surface area contributed by atoms with Gasteiger partial charge in [-0.05, 0) is 48.9 Å². The molecule has 0 saturated heterocycles. The van der Waals surface area contributed by atoms with Crippen LogP contribution in [0.5, 0.6) is 5.75 Å². The van der Waals surface area contributed by atoms with E-state index in [-0.39, 0.29) is 11.5 Å². The van der Waals surface area contributed by atoms with Gasteiger partial charge in [-0.15, -0.1) is 0 Å². The second kappa shape index (κ2) is 8.57. The van der Waals surface area contributed by atoms with E-state index in [9.17, 15) is 9.59 Å². The first-order chi connectivity index (χ1) is 12.7. The first-order valence-electron chi connectivity index (χ1n) is 8.20. The van der Waals surface area contributed by atoms with Crippen molar-refractivity contribution in [3.05, 3.63) is 83.0 Å². The highest BCUT2D eigenvalue weighted by atomic mass is 16.5. The van der Waals surface area contributed by atoms with Crippen LogP contribution in [0.4, 0.5) is 0 Å². The second-order valence-electron chi connectivity index (χ2n) is 5.47. The summed E-state index contributed by atoms with van der Waals surface area (Å²) in [5.74, 6) is 0.541. The van der Waals surface area contributed by atoms with Crippen LogP contribution in [0.15, 0.2) is 71.9 Å². The Bertz CT molecular complexity index is 908. The fraction of sp³-hybridized carbons (Fsp3) is 0.158. The standard InChI is InChI=1S/C19H18N4O3/c24-18-5-2-12-22-23(18)16-6-8-17(9-7-16)26-13-3-11-21-19(25)15-4-1-10-20-14-15/h1-2,4-10,12,14H,3,11,13H2,(H,21,25). The third-order valence-corrected chi connectivity index (χ3v) is 3.60. The van der Waals surface area contributed by atoms with Gasteiger partial charge >= 0.3 is 0 Å². The number of hydrogen-bond acceptors (Lipinski definition) is 5. The van der Waals surface area contributed by atoms with Gasteiger partial charge in [-0.1, -0.05) is 0 Å². The molecule has 2 aromatic heterocycles. The van der Waals surface area contributed by atoms with Crippen LogP contribution in [0.3, 0.4) is 0 Å². The van der Waals surface area contributed by atoms with E-state index in [1.165, 1.54) is 16.9 Å². The van der Waals surface area contributed by atoms with Gasteiger partial charge in [0, 0.05) is 31.2 Å². The van der Waals surface area contributed by atoms with Gasteiger partial charge in [-0.25, -0.2) is 0 Å². The van der Waals surface area contributed by atoms with Crippen LogP contribution >= 0.6 is 0 Å². The van der Waals surface area contributed by atoms with Crippen LogP contribution in [-0.2, 0) is 0 Å². The number of nitrogens with zero attached hydrogens (tertiary/aromatic N) is 3. The lowest BCUT2D eigenvalue weighted by molar-refractivity contribution is 0.0951. The Labute approximate surface area is 150 Å². The van der Waals surface area contributed by atoms with E-state index >= 15 is 0 Å². The van der Waals surface area contributed by atoms with Crippen molar-refractivity contribution in [2.45, 2.75) is 6.42 Å². The van der Waals surface area contributed by atoms with Gasteiger partial charge in [0.25, 0.3) is 11.5 Å². The molecular weight excluding hydrogens is 332 g/mol. The predicted octanol–water partition coefficient (Wildman–Crippen LogP) is 1.83. The quantitative estimate of drug-likeness (QED) is 0.657. The highest BCUT2D eigenvalue weighted by Gasteiger charge is 2.04. The summed E-state index contributed by atoms with van der Waals surface area (Å²) in [4.78, 5) is 27.5. The van der Waals surface area contributed by atoms with Crippen LogP contribution in [0.2, 0.25) is 0 Å². The maximum absolute atomic E-state index is 11.9. The number of ether oxygens (including phenoxy) is 1. The number of benzene rings is 1. The lowest BCUT2D eigenvalue weighted by Gasteiger charge is -2.08. The summed E-state index contributed by atoms with van der Waals surface area (Å²) < 4.78 is 6.96. The molecule has 0 spiro atoms. The minimum Gasteiger partial charge on any atom is -0.494 e. The molecule has 3 aromatic rings. The van der Waals surface area contributed by atoms with Crippen molar-refractivity contribution < 1.29 is 9.53 Å². The summed E-state index contributed by atoms with van der Waals surface area (Å²) in [6, 6.07) is 13.6. The molecule has 132 valence electrons. The Morgan fingerprint density at radius 2 is 1.88 bits per heavy atom. The molecule has 0 aliphatic carbocycles. The normalized spacial score (nSPS) is 10.3. The van der Waals surface area contributed by atoms with Crippen LogP contribution < -0.4 is 15.6 Å². The molecule has 2 heterocycles. The molecule has 0 unspecified atom stereocenters. The first-order valence-corrected chi connectivity index (χ1v) is 8.20. The first kappa shape index (κ1) is 17.3. The lowest BCUT2D eigenvalue weighted by Crippen LogP contribution is -2.25. The topological polar surface area (TPSA) is 86.1 Å². The molecule has 7 nitrogen and oxygen atoms in total. The molecule has 0 fully saturated rings. The molecule has 26 heavy (non-hydrogen) atoms. The SMILES string of the molecule is O=C(NCCCOc1ccc(-n2ncccc2=O)cc1)c1cccnc1. The number of aromatic nitrogens is 3. The van der Waals surface area contributed by atoms with E-state index < -0.39 is 0 Å². The molecule has 0 radical (unpaired) electrons. The van der Waals surface area contributed by atoms with E-state index in [0.29, 0.717) is 36.6 Å². The lowest BCUT2D eigenvalue weighted by atomic mass is 10.2. The van der Waals surface area contributed by atoms with Crippen LogP contribution in [0.1, 0.15) is 16.8 Å². The Morgan fingerprint density at radius 3 is 2.62 bits per heavy atom. The zero-order valence-electron chi connectivity index (χ0n) is 14.0. The molecule has 7 heteroatoms. The molecule has 0 aliphatic rings. The Balaban J connectivity index is 1.43. The van der Waals surface area contributed by atoms with E-state index in [1.54, 1.807) is 54.9 Å². The van der Waals surface area contributed by atoms with Crippen molar-refractivity contribution in [3.8, 4) is 11.4 Å². The zero-order chi connectivity index (χ0) is 18.2. The summed E-state index contributed by atoms with van der Waals surface area (Å²) in [5, 5.41) is 6.84. The minimum atomic E-state index is -0.189. The van der Waals surface area contributed by atoms with Crippen LogP contribution in [0, 0.1) is 0 Å². The average molecular weight is 350 g/mol. The van der Waals surface area contributed by atoms with Crippen molar-refractivity contribution in [1.82, 2.24) is 20.1 Å². The number of rotatable bonds is 7. The van der Waals surface area contributed by atoms with Gasteiger partial charge in [0.15, 0.2) is 0 Å². The smallest absolute Gasteiger partial charge is 0.271 e. The molecule has 1 N–H and O–H groups in total. The Hall–Kier alpha value is -3.48. The number of nitrogens with one attached hydrogen (secondary N) is 1. The highest BCUT2D eigenvalue weighted by Crippen LogP contribution is 2.13. The summed E-state index contributed by atoms with van der Waals surface area (Å²) in [6.45, 7) is 0.978. The molecule has 1 aromatic carbocycles. The van der Waals surface area contributed by atoms with E-state index in [4.69, 9.17) is 4.74 Å². The number of amides is 1. The van der Waals surface area contributed by atoms with Gasteiger partial charge in [-0.3, -0.25) is 14.6 Å². The van der Waals surface area contributed by atoms with E-state index in [0.717, 1.165) is 0 Å². The fourth-order valence-corrected chi connectivity index (χ4v) is 2.30. The zero-order valence-corrected chi connectivity index (χ0v) is 14.0.